The van der Waals surface area contributed by atoms with Crippen molar-refractivity contribution in [3.05, 3.63) is 35.9 Å². The highest BCUT2D eigenvalue weighted by Gasteiger charge is 2.03. The third-order valence-corrected chi connectivity index (χ3v) is 2.20. The van der Waals surface area contributed by atoms with Crippen molar-refractivity contribution in [1.82, 2.24) is 0 Å². The highest BCUT2D eigenvalue weighted by Crippen LogP contribution is 2.01. The number of ether oxygens (including phenoxy) is 1. The van der Waals surface area contributed by atoms with Gasteiger partial charge in [0.2, 0.25) is 0 Å². The summed E-state index contributed by atoms with van der Waals surface area (Å²) in [5.74, 6) is -0.127. The summed E-state index contributed by atoms with van der Waals surface area (Å²) in [6.45, 7) is 2.69. The maximum Gasteiger partial charge on any atom is 0.310 e. The van der Waals surface area contributed by atoms with Gasteiger partial charge in [-0.25, -0.2) is 0 Å². The zero-order valence-corrected chi connectivity index (χ0v) is 9.24. The second-order valence-electron chi connectivity index (χ2n) is 3.59. The Balaban J connectivity index is 2.19. The average molecular weight is 206 g/mol. The van der Waals surface area contributed by atoms with Gasteiger partial charge in [-0.15, -0.1) is 0 Å². The molecular weight excluding hydrogens is 188 g/mol. The van der Waals surface area contributed by atoms with Gasteiger partial charge in [-0.3, -0.25) is 4.79 Å². The van der Waals surface area contributed by atoms with E-state index in [-0.39, 0.29) is 5.97 Å². The minimum absolute atomic E-state index is 0.127. The Kier molecular flexibility index (Phi) is 5.52. The maximum atomic E-state index is 11.4. The molecule has 0 radical (unpaired) electrons. The molecule has 82 valence electrons. The molecule has 2 heteroatoms. The van der Waals surface area contributed by atoms with E-state index in [4.69, 9.17) is 4.74 Å². The van der Waals surface area contributed by atoms with E-state index in [9.17, 15) is 4.79 Å². The van der Waals surface area contributed by atoms with E-state index >= 15 is 0 Å². The molecule has 1 aromatic rings. The van der Waals surface area contributed by atoms with Crippen LogP contribution in [-0.2, 0) is 16.0 Å². The van der Waals surface area contributed by atoms with Crippen LogP contribution in [0.5, 0.6) is 0 Å². The van der Waals surface area contributed by atoms with Crippen LogP contribution in [-0.4, -0.2) is 12.6 Å². The van der Waals surface area contributed by atoms with Gasteiger partial charge in [0.25, 0.3) is 0 Å². The maximum absolute atomic E-state index is 11.4. The lowest BCUT2D eigenvalue weighted by Crippen LogP contribution is -2.08. The van der Waals surface area contributed by atoms with Crippen molar-refractivity contribution in [2.24, 2.45) is 0 Å². The van der Waals surface area contributed by atoms with Gasteiger partial charge in [0, 0.05) is 0 Å². The van der Waals surface area contributed by atoms with Crippen LogP contribution in [0.2, 0.25) is 0 Å². The topological polar surface area (TPSA) is 26.3 Å². The van der Waals surface area contributed by atoms with E-state index in [1.54, 1.807) is 0 Å². The molecule has 0 heterocycles. The molecule has 0 spiro atoms. The number of hydrogen-bond acceptors (Lipinski definition) is 2. The standard InChI is InChI=1S/C13H18O2/c1-2-3-7-10-15-13(14)11-12-8-5-4-6-9-12/h4-6,8-9H,2-3,7,10-11H2,1H3. The molecule has 15 heavy (non-hydrogen) atoms. The molecule has 1 rings (SSSR count). The van der Waals surface area contributed by atoms with Crippen molar-refractivity contribution in [2.75, 3.05) is 6.61 Å². The Hall–Kier alpha value is -1.31. The van der Waals surface area contributed by atoms with Crippen LogP contribution in [0, 0.1) is 0 Å². The third-order valence-electron chi connectivity index (χ3n) is 2.20. The Labute approximate surface area is 91.3 Å². The summed E-state index contributed by atoms with van der Waals surface area (Å²) in [7, 11) is 0. The number of carbonyl (C=O) groups excluding carboxylic acids is 1. The van der Waals surface area contributed by atoms with Crippen LogP contribution < -0.4 is 0 Å². The van der Waals surface area contributed by atoms with Crippen LogP contribution in [0.25, 0.3) is 0 Å². The fourth-order valence-electron chi connectivity index (χ4n) is 1.35. The largest absolute Gasteiger partial charge is 0.465 e. The van der Waals surface area contributed by atoms with Crippen LogP contribution in [0.1, 0.15) is 31.7 Å². The van der Waals surface area contributed by atoms with E-state index in [1.807, 2.05) is 30.3 Å². The lowest BCUT2D eigenvalue weighted by molar-refractivity contribution is -0.142. The number of rotatable bonds is 6. The lowest BCUT2D eigenvalue weighted by Gasteiger charge is -2.03. The van der Waals surface area contributed by atoms with Crippen LogP contribution in [0.15, 0.2) is 30.3 Å². The summed E-state index contributed by atoms with van der Waals surface area (Å²) in [4.78, 5) is 11.4. The smallest absolute Gasteiger partial charge is 0.310 e. The van der Waals surface area contributed by atoms with Gasteiger partial charge in [-0.05, 0) is 12.0 Å². The van der Waals surface area contributed by atoms with E-state index in [2.05, 4.69) is 6.92 Å². The first-order valence-electron chi connectivity index (χ1n) is 5.52. The van der Waals surface area contributed by atoms with Gasteiger partial charge in [0.15, 0.2) is 0 Å². The Morgan fingerprint density at radius 3 is 2.60 bits per heavy atom. The molecule has 0 saturated carbocycles. The Morgan fingerprint density at radius 1 is 1.20 bits per heavy atom. The molecular formula is C13H18O2. The van der Waals surface area contributed by atoms with Crippen molar-refractivity contribution in [2.45, 2.75) is 32.6 Å². The predicted molar refractivity (Wildman–Crippen MR) is 60.6 cm³/mol. The number of esters is 1. The van der Waals surface area contributed by atoms with E-state index < -0.39 is 0 Å². The first kappa shape index (κ1) is 11.8. The van der Waals surface area contributed by atoms with Crippen molar-refractivity contribution in [3.63, 3.8) is 0 Å². The zero-order chi connectivity index (χ0) is 10.9. The minimum Gasteiger partial charge on any atom is -0.465 e. The fourth-order valence-corrected chi connectivity index (χ4v) is 1.35. The molecule has 0 N–H and O–H groups in total. The number of unbranched alkanes of at least 4 members (excludes halogenated alkanes) is 2. The predicted octanol–water partition coefficient (Wildman–Crippen LogP) is 2.96. The molecule has 0 bridgehead atoms. The summed E-state index contributed by atoms with van der Waals surface area (Å²) in [6, 6.07) is 9.68. The van der Waals surface area contributed by atoms with Crippen LogP contribution in [0.3, 0.4) is 0 Å². The van der Waals surface area contributed by atoms with Gasteiger partial charge >= 0.3 is 5.97 Å². The monoisotopic (exact) mass is 206 g/mol. The highest BCUT2D eigenvalue weighted by atomic mass is 16.5. The molecule has 0 fully saturated rings. The van der Waals surface area contributed by atoms with Crippen molar-refractivity contribution >= 4 is 5.97 Å². The summed E-state index contributed by atoms with van der Waals surface area (Å²) >= 11 is 0. The molecule has 0 aliphatic carbocycles. The quantitative estimate of drug-likeness (QED) is 0.528. The summed E-state index contributed by atoms with van der Waals surface area (Å²) < 4.78 is 5.11. The highest BCUT2D eigenvalue weighted by molar-refractivity contribution is 5.72. The molecule has 2 nitrogen and oxygen atoms in total. The SMILES string of the molecule is CCCCCOC(=O)Cc1ccccc1. The molecule has 0 aliphatic rings. The molecule has 0 atom stereocenters. The number of hydrogen-bond donors (Lipinski definition) is 0. The summed E-state index contributed by atoms with van der Waals surface area (Å²) in [6.07, 6.45) is 3.62. The molecule has 1 aromatic carbocycles. The van der Waals surface area contributed by atoms with Gasteiger partial charge in [0.1, 0.15) is 0 Å². The molecule has 0 aromatic heterocycles. The normalized spacial score (nSPS) is 9.93. The fraction of sp³-hybridized carbons (Fsp3) is 0.462. The van der Waals surface area contributed by atoms with Gasteiger partial charge < -0.3 is 4.74 Å². The van der Waals surface area contributed by atoms with Gasteiger partial charge in [-0.1, -0.05) is 50.1 Å². The average Bonchev–Trinajstić information content (AvgIpc) is 2.26. The molecule has 0 aliphatic heterocycles. The van der Waals surface area contributed by atoms with E-state index in [0.717, 1.165) is 24.8 Å². The van der Waals surface area contributed by atoms with Gasteiger partial charge in [0.05, 0.1) is 13.0 Å². The molecule has 0 saturated heterocycles. The molecule has 0 unspecified atom stereocenters. The number of carbonyl (C=O) groups is 1. The Morgan fingerprint density at radius 2 is 1.93 bits per heavy atom. The lowest BCUT2D eigenvalue weighted by atomic mass is 10.2. The first-order valence-corrected chi connectivity index (χ1v) is 5.52. The van der Waals surface area contributed by atoms with Crippen molar-refractivity contribution in [3.8, 4) is 0 Å². The summed E-state index contributed by atoms with van der Waals surface area (Å²) in [5, 5.41) is 0. The summed E-state index contributed by atoms with van der Waals surface area (Å²) in [5.41, 5.74) is 1.01. The van der Waals surface area contributed by atoms with Crippen molar-refractivity contribution < 1.29 is 9.53 Å². The van der Waals surface area contributed by atoms with E-state index in [0.29, 0.717) is 13.0 Å². The second kappa shape index (κ2) is 7.04. The van der Waals surface area contributed by atoms with Gasteiger partial charge in [-0.2, -0.15) is 0 Å². The first-order chi connectivity index (χ1) is 7.33. The second-order valence-corrected chi connectivity index (χ2v) is 3.59. The van der Waals surface area contributed by atoms with E-state index in [1.165, 1.54) is 0 Å². The minimum atomic E-state index is -0.127. The number of benzene rings is 1. The zero-order valence-electron chi connectivity index (χ0n) is 9.24. The third kappa shape index (κ3) is 5.21. The van der Waals surface area contributed by atoms with Crippen molar-refractivity contribution in [1.29, 1.82) is 0 Å². The Bertz CT molecular complexity index is 280. The molecule has 0 amide bonds. The van der Waals surface area contributed by atoms with Crippen LogP contribution in [0.4, 0.5) is 0 Å². The van der Waals surface area contributed by atoms with Crippen LogP contribution >= 0.6 is 0 Å².